The van der Waals surface area contributed by atoms with E-state index in [9.17, 15) is 4.79 Å². The molecule has 1 aliphatic rings. The van der Waals surface area contributed by atoms with Crippen LogP contribution in [0, 0.1) is 0 Å². The summed E-state index contributed by atoms with van der Waals surface area (Å²) in [6, 6.07) is 7.56. The van der Waals surface area contributed by atoms with Crippen LogP contribution in [-0.2, 0) is 0 Å². The lowest BCUT2D eigenvalue weighted by Crippen LogP contribution is -2.46. The van der Waals surface area contributed by atoms with Crippen LogP contribution in [0.5, 0.6) is 0 Å². The summed E-state index contributed by atoms with van der Waals surface area (Å²) in [5.41, 5.74) is 1.79. The molecule has 1 amide bonds. The molecule has 1 N–H and O–H groups in total. The van der Waals surface area contributed by atoms with Crippen LogP contribution < -0.4 is 10.2 Å². The number of thiophene rings is 1. The highest BCUT2D eigenvalue weighted by atomic mass is 79.9. The molecule has 0 spiro atoms. The SMILES string of the molecule is CCN1CCN(c2ccc(Cl)cc2NC(=O)c2sccc2Br)CC1. The molecule has 0 bridgehead atoms. The van der Waals surface area contributed by atoms with Crippen LogP contribution in [0.2, 0.25) is 5.02 Å². The van der Waals surface area contributed by atoms with Gasteiger partial charge < -0.3 is 15.1 Å². The fourth-order valence-electron chi connectivity index (χ4n) is 2.82. The predicted octanol–water partition coefficient (Wildman–Crippen LogP) is 4.56. The molecule has 3 rings (SSSR count). The largest absolute Gasteiger partial charge is 0.367 e. The van der Waals surface area contributed by atoms with Gasteiger partial charge >= 0.3 is 0 Å². The van der Waals surface area contributed by atoms with Crippen molar-refractivity contribution in [1.29, 1.82) is 0 Å². The van der Waals surface area contributed by atoms with Crippen LogP contribution >= 0.6 is 38.9 Å². The Morgan fingerprint density at radius 3 is 2.67 bits per heavy atom. The zero-order valence-electron chi connectivity index (χ0n) is 13.4. The second-order valence-corrected chi connectivity index (χ2v) is 7.84. The molecule has 1 aromatic carbocycles. The Morgan fingerprint density at radius 1 is 1.29 bits per heavy atom. The minimum absolute atomic E-state index is 0.118. The van der Waals surface area contributed by atoms with Gasteiger partial charge in [0.15, 0.2) is 0 Å². The minimum Gasteiger partial charge on any atom is -0.367 e. The monoisotopic (exact) mass is 427 g/mol. The van der Waals surface area contributed by atoms with Crippen LogP contribution in [0.4, 0.5) is 11.4 Å². The molecule has 1 aliphatic heterocycles. The average Bonchev–Trinajstić information content (AvgIpc) is 3.01. The Hall–Kier alpha value is -1.08. The zero-order chi connectivity index (χ0) is 17.1. The van der Waals surface area contributed by atoms with Gasteiger partial charge in [0.1, 0.15) is 4.88 Å². The summed E-state index contributed by atoms with van der Waals surface area (Å²) < 4.78 is 0.810. The summed E-state index contributed by atoms with van der Waals surface area (Å²) in [6.07, 6.45) is 0. The summed E-state index contributed by atoms with van der Waals surface area (Å²) in [5.74, 6) is -0.118. The summed E-state index contributed by atoms with van der Waals surface area (Å²) in [7, 11) is 0. The topological polar surface area (TPSA) is 35.6 Å². The standard InChI is InChI=1S/C17H19BrClN3OS/c1-2-21-6-8-22(9-7-21)15-4-3-12(19)11-14(15)20-17(23)16-13(18)5-10-24-16/h3-5,10-11H,2,6-9H2,1H3,(H,20,23). The molecule has 2 heterocycles. The molecule has 24 heavy (non-hydrogen) atoms. The lowest BCUT2D eigenvalue weighted by molar-refractivity contribution is 0.103. The number of nitrogens with zero attached hydrogens (tertiary/aromatic N) is 2. The molecular weight excluding hydrogens is 410 g/mol. The molecule has 0 saturated carbocycles. The summed E-state index contributed by atoms with van der Waals surface area (Å²) >= 11 is 11.0. The number of nitrogens with one attached hydrogen (secondary N) is 1. The number of likely N-dealkylation sites (N-methyl/N-ethyl adjacent to an activating group) is 1. The van der Waals surface area contributed by atoms with E-state index in [1.165, 1.54) is 11.3 Å². The van der Waals surface area contributed by atoms with Crippen molar-refractivity contribution in [2.75, 3.05) is 42.9 Å². The minimum atomic E-state index is -0.118. The number of amides is 1. The first-order valence-corrected chi connectivity index (χ1v) is 9.94. The van der Waals surface area contributed by atoms with Crippen LogP contribution in [0.15, 0.2) is 34.1 Å². The molecule has 128 valence electrons. The molecule has 0 unspecified atom stereocenters. The number of benzene rings is 1. The number of piperazine rings is 1. The number of hydrogen-bond donors (Lipinski definition) is 1. The Morgan fingerprint density at radius 2 is 2.04 bits per heavy atom. The van der Waals surface area contributed by atoms with Gasteiger partial charge in [0.25, 0.3) is 5.91 Å². The maximum Gasteiger partial charge on any atom is 0.266 e. The third-order valence-corrected chi connectivity index (χ3v) is 6.26. The second kappa shape index (κ2) is 7.87. The fraction of sp³-hybridized carbons (Fsp3) is 0.353. The summed E-state index contributed by atoms with van der Waals surface area (Å²) in [5, 5.41) is 5.53. The van der Waals surface area contributed by atoms with Gasteiger partial charge in [-0.2, -0.15) is 0 Å². The molecule has 0 aliphatic carbocycles. The molecule has 1 fully saturated rings. The smallest absolute Gasteiger partial charge is 0.266 e. The van der Waals surface area contributed by atoms with Crippen molar-refractivity contribution in [3.8, 4) is 0 Å². The quantitative estimate of drug-likeness (QED) is 0.775. The highest BCUT2D eigenvalue weighted by molar-refractivity contribution is 9.10. The fourth-order valence-corrected chi connectivity index (χ4v) is 4.44. The highest BCUT2D eigenvalue weighted by Gasteiger charge is 2.20. The first-order chi connectivity index (χ1) is 11.6. The molecule has 2 aromatic rings. The van der Waals surface area contributed by atoms with Gasteiger partial charge in [-0.1, -0.05) is 18.5 Å². The van der Waals surface area contributed by atoms with Gasteiger partial charge in [-0.05, 0) is 52.1 Å². The molecule has 4 nitrogen and oxygen atoms in total. The van der Waals surface area contributed by atoms with E-state index in [4.69, 9.17) is 11.6 Å². The van der Waals surface area contributed by atoms with Gasteiger partial charge in [0.05, 0.1) is 11.4 Å². The first kappa shape index (κ1) is 17.7. The Labute approximate surface area is 159 Å². The van der Waals surface area contributed by atoms with Gasteiger partial charge in [0.2, 0.25) is 0 Å². The van der Waals surface area contributed by atoms with E-state index in [1.807, 2.05) is 29.6 Å². The van der Waals surface area contributed by atoms with Crippen LogP contribution in [0.25, 0.3) is 0 Å². The Balaban J connectivity index is 1.81. The first-order valence-electron chi connectivity index (χ1n) is 7.89. The number of hydrogen-bond acceptors (Lipinski definition) is 4. The Bertz CT molecular complexity index is 728. The third kappa shape index (κ3) is 3.94. The van der Waals surface area contributed by atoms with Crippen LogP contribution in [0.1, 0.15) is 16.6 Å². The molecule has 0 radical (unpaired) electrons. The number of halogens is 2. The molecule has 0 atom stereocenters. The molecular formula is C17H19BrClN3OS. The second-order valence-electron chi connectivity index (χ2n) is 5.63. The van der Waals surface area contributed by atoms with Gasteiger partial charge in [-0.3, -0.25) is 4.79 Å². The molecule has 7 heteroatoms. The van der Waals surface area contributed by atoms with E-state index in [0.29, 0.717) is 9.90 Å². The van der Waals surface area contributed by atoms with E-state index in [2.05, 4.69) is 38.0 Å². The molecule has 1 saturated heterocycles. The highest BCUT2D eigenvalue weighted by Crippen LogP contribution is 2.31. The average molecular weight is 429 g/mol. The number of anilines is 2. The van der Waals surface area contributed by atoms with Crippen molar-refractivity contribution in [2.45, 2.75) is 6.92 Å². The maximum atomic E-state index is 12.5. The summed E-state index contributed by atoms with van der Waals surface area (Å²) in [6.45, 7) is 7.21. The van der Waals surface area contributed by atoms with Crippen molar-refractivity contribution in [2.24, 2.45) is 0 Å². The van der Waals surface area contributed by atoms with E-state index in [0.717, 1.165) is 48.6 Å². The van der Waals surface area contributed by atoms with E-state index in [-0.39, 0.29) is 5.91 Å². The van der Waals surface area contributed by atoms with Crippen molar-refractivity contribution in [1.82, 2.24) is 4.90 Å². The summed E-state index contributed by atoms with van der Waals surface area (Å²) in [4.78, 5) is 17.9. The van der Waals surface area contributed by atoms with Gasteiger partial charge in [-0.15, -0.1) is 11.3 Å². The van der Waals surface area contributed by atoms with E-state index < -0.39 is 0 Å². The third-order valence-electron chi connectivity index (χ3n) is 4.19. The molecule has 1 aromatic heterocycles. The van der Waals surface area contributed by atoms with Crippen molar-refractivity contribution in [3.63, 3.8) is 0 Å². The number of carbonyl (C=O) groups excluding carboxylic acids is 1. The van der Waals surface area contributed by atoms with E-state index >= 15 is 0 Å². The van der Waals surface area contributed by atoms with E-state index in [1.54, 1.807) is 0 Å². The van der Waals surface area contributed by atoms with Crippen molar-refractivity contribution < 1.29 is 4.79 Å². The predicted molar refractivity (Wildman–Crippen MR) is 106 cm³/mol. The van der Waals surface area contributed by atoms with Gasteiger partial charge in [-0.25, -0.2) is 0 Å². The zero-order valence-corrected chi connectivity index (χ0v) is 16.5. The van der Waals surface area contributed by atoms with Crippen molar-refractivity contribution >= 4 is 56.1 Å². The lowest BCUT2D eigenvalue weighted by Gasteiger charge is -2.36. The number of rotatable bonds is 4. The number of carbonyl (C=O) groups is 1. The Kier molecular flexibility index (Phi) is 5.81. The van der Waals surface area contributed by atoms with Gasteiger partial charge in [0, 0.05) is 35.7 Å². The van der Waals surface area contributed by atoms with Crippen molar-refractivity contribution in [3.05, 3.63) is 44.0 Å². The lowest BCUT2D eigenvalue weighted by atomic mass is 10.2. The normalized spacial score (nSPS) is 15.5. The van der Waals surface area contributed by atoms with Crippen LogP contribution in [-0.4, -0.2) is 43.5 Å². The van der Waals surface area contributed by atoms with Crippen LogP contribution in [0.3, 0.4) is 0 Å². The maximum absolute atomic E-state index is 12.5.